The second-order valence-electron chi connectivity index (χ2n) is 5.82. The zero-order chi connectivity index (χ0) is 16.9. The third-order valence-electron chi connectivity index (χ3n) is 4.09. The lowest BCUT2D eigenvalue weighted by molar-refractivity contribution is 0.0883. The standard InChI is InChI=1S/C19H20IN3O/c1-22-17-13-6-5-12-16(17)18(21-22)19(24)23(20)14-8-7-11-15-9-3-2-4-10-15/h2-6,9-10,12-13H,7-8,11,14H2,1H3. The minimum atomic E-state index is -0.0212. The van der Waals surface area contributed by atoms with Gasteiger partial charge in [-0.05, 0) is 30.9 Å². The number of carbonyl (C=O) groups excluding carboxylic acids is 1. The van der Waals surface area contributed by atoms with Crippen molar-refractivity contribution in [3.8, 4) is 0 Å². The summed E-state index contributed by atoms with van der Waals surface area (Å²) in [4.78, 5) is 12.7. The Bertz CT molecular complexity index is 829. The lowest BCUT2D eigenvalue weighted by Gasteiger charge is -2.13. The number of carbonyl (C=O) groups is 1. The zero-order valence-electron chi connectivity index (χ0n) is 13.7. The summed E-state index contributed by atoms with van der Waals surface area (Å²) in [7, 11) is 1.87. The average molecular weight is 433 g/mol. The maximum atomic E-state index is 12.7. The van der Waals surface area contributed by atoms with Crippen LogP contribution in [0.15, 0.2) is 54.6 Å². The molecule has 24 heavy (non-hydrogen) atoms. The van der Waals surface area contributed by atoms with Crippen LogP contribution in [0, 0.1) is 0 Å². The van der Waals surface area contributed by atoms with E-state index < -0.39 is 0 Å². The van der Waals surface area contributed by atoms with Crippen LogP contribution < -0.4 is 0 Å². The van der Waals surface area contributed by atoms with E-state index in [0.29, 0.717) is 5.69 Å². The van der Waals surface area contributed by atoms with Gasteiger partial charge < -0.3 is 0 Å². The normalized spacial score (nSPS) is 10.9. The van der Waals surface area contributed by atoms with Gasteiger partial charge in [0.2, 0.25) is 0 Å². The van der Waals surface area contributed by atoms with Gasteiger partial charge in [0.15, 0.2) is 5.69 Å². The first-order valence-corrected chi connectivity index (χ1v) is 9.06. The molecule has 0 spiro atoms. The quantitative estimate of drug-likeness (QED) is 0.329. The number of aromatic nitrogens is 2. The highest BCUT2D eigenvalue weighted by Crippen LogP contribution is 2.20. The Morgan fingerprint density at radius 2 is 1.79 bits per heavy atom. The summed E-state index contributed by atoms with van der Waals surface area (Å²) in [5.74, 6) is -0.0212. The van der Waals surface area contributed by atoms with Crippen molar-refractivity contribution in [1.29, 1.82) is 0 Å². The van der Waals surface area contributed by atoms with E-state index in [2.05, 4.69) is 52.2 Å². The number of benzene rings is 2. The number of fused-ring (bicyclic) bond motifs is 1. The Morgan fingerprint density at radius 3 is 2.58 bits per heavy atom. The van der Waals surface area contributed by atoms with Gasteiger partial charge in [0.25, 0.3) is 5.91 Å². The molecule has 0 aliphatic carbocycles. The van der Waals surface area contributed by atoms with E-state index in [0.717, 1.165) is 36.7 Å². The Hall–Kier alpha value is -1.89. The van der Waals surface area contributed by atoms with Gasteiger partial charge in [-0.2, -0.15) is 5.10 Å². The summed E-state index contributed by atoms with van der Waals surface area (Å²) in [5, 5.41) is 5.32. The third-order valence-corrected chi connectivity index (χ3v) is 5.01. The van der Waals surface area contributed by atoms with Gasteiger partial charge in [0.05, 0.1) is 28.4 Å². The van der Waals surface area contributed by atoms with Crippen molar-refractivity contribution < 1.29 is 4.79 Å². The van der Waals surface area contributed by atoms with Crippen molar-refractivity contribution in [3.63, 3.8) is 0 Å². The number of hydrogen-bond acceptors (Lipinski definition) is 2. The van der Waals surface area contributed by atoms with Crippen LogP contribution >= 0.6 is 22.9 Å². The molecule has 1 heterocycles. The molecule has 3 aromatic rings. The van der Waals surface area contributed by atoms with Crippen LogP contribution in [0.3, 0.4) is 0 Å². The van der Waals surface area contributed by atoms with Gasteiger partial charge in [-0.1, -0.05) is 48.5 Å². The van der Waals surface area contributed by atoms with E-state index in [4.69, 9.17) is 0 Å². The van der Waals surface area contributed by atoms with E-state index in [-0.39, 0.29) is 5.91 Å². The van der Waals surface area contributed by atoms with E-state index >= 15 is 0 Å². The number of para-hydroxylation sites is 1. The van der Waals surface area contributed by atoms with Gasteiger partial charge in [-0.15, -0.1) is 0 Å². The van der Waals surface area contributed by atoms with Crippen LogP contribution in [0.25, 0.3) is 10.9 Å². The van der Waals surface area contributed by atoms with Crippen molar-refractivity contribution in [3.05, 3.63) is 65.9 Å². The Kier molecular flexibility index (Phi) is 5.50. The summed E-state index contributed by atoms with van der Waals surface area (Å²) >= 11 is 2.10. The summed E-state index contributed by atoms with van der Waals surface area (Å²) in [6.07, 6.45) is 3.10. The topological polar surface area (TPSA) is 38.1 Å². The van der Waals surface area contributed by atoms with Crippen molar-refractivity contribution in [1.82, 2.24) is 12.9 Å². The molecule has 0 bridgehead atoms. The largest absolute Gasteiger partial charge is 0.283 e. The highest BCUT2D eigenvalue weighted by molar-refractivity contribution is 14.1. The Labute approximate surface area is 156 Å². The molecule has 0 atom stereocenters. The lowest BCUT2D eigenvalue weighted by atomic mass is 10.1. The fraction of sp³-hybridized carbons (Fsp3) is 0.263. The minimum Gasteiger partial charge on any atom is -0.279 e. The third kappa shape index (κ3) is 3.77. The Balaban J connectivity index is 1.58. The molecule has 0 N–H and O–H groups in total. The van der Waals surface area contributed by atoms with Gasteiger partial charge >= 0.3 is 0 Å². The second-order valence-corrected chi connectivity index (χ2v) is 6.99. The highest BCUT2D eigenvalue weighted by Gasteiger charge is 2.20. The summed E-state index contributed by atoms with van der Waals surface area (Å²) in [6.45, 7) is 0.733. The molecule has 0 unspecified atom stereocenters. The van der Waals surface area contributed by atoms with Crippen LogP contribution in [0.4, 0.5) is 0 Å². The molecule has 2 aromatic carbocycles. The maximum Gasteiger partial charge on any atom is 0.283 e. The fourth-order valence-electron chi connectivity index (χ4n) is 2.81. The van der Waals surface area contributed by atoms with Crippen molar-refractivity contribution in [2.45, 2.75) is 19.3 Å². The second kappa shape index (κ2) is 7.79. The molecule has 1 aromatic heterocycles. The number of nitrogens with zero attached hydrogens (tertiary/aromatic N) is 3. The smallest absolute Gasteiger partial charge is 0.279 e. The monoisotopic (exact) mass is 433 g/mol. The van der Waals surface area contributed by atoms with Gasteiger partial charge in [0, 0.05) is 19.0 Å². The number of unbranched alkanes of at least 4 members (excludes halogenated alkanes) is 1. The molecule has 0 fully saturated rings. The molecule has 0 aliphatic rings. The molecule has 0 saturated carbocycles. The Morgan fingerprint density at radius 1 is 1.08 bits per heavy atom. The maximum absolute atomic E-state index is 12.7. The molecular formula is C19H20IN3O. The van der Waals surface area contributed by atoms with E-state index in [9.17, 15) is 4.79 Å². The predicted octanol–water partition coefficient (Wildman–Crippen LogP) is 4.39. The molecule has 0 radical (unpaired) electrons. The van der Waals surface area contributed by atoms with Crippen molar-refractivity contribution >= 4 is 39.7 Å². The first kappa shape index (κ1) is 17.0. The molecule has 0 saturated heterocycles. The van der Waals surface area contributed by atoms with Crippen LogP contribution in [-0.2, 0) is 13.5 Å². The number of aryl methyl sites for hydroxylation is 2. The van der Waals surface area contributed by atoms with Crippen molar-refractivity contribution in [2.75, 3.05) is 6.54 Å². The first-order valence-electron chi connectivity index (χ1n) is 8.10. The SMILES string of the molecule is Cn1nc(C(=O)N(I)CCCCc2ccccc2)c2ccccc21. The summed E-state index contributed by atoms with van der Waals surface area (Å²) in [6, 6.07) is 18.3. The number of hydrogen-bond donors (Lipinski definition) is 0. The molecule has 4 nitrogen and oxygen atoms in total. The molecule has 0 aliphatic heterocycles. The van der Waals surface area contributed by atoms with Crippen LogP contribution in [0.2, 0.25) is 0 Å². The fourth-order valence-corrected chi connectivity index (χ4v) is 3.38. The lowest BCUT2D eigenvalue weighted by Crippen LogP contribution is -2.23. The summed E-state index contributed by atoms with van der Waals surface area (Å²) in [5.41, 5.74) is 2.86. The van der Waals surface area contributed by atoms with Gasteiger partial charge in [-0.25, -0.2) is 0 Å². The van der Waals surface area contributed by atoms with Gasteiger partial charge in [0.1, 0.15) is 0 Å². The number of halogens is 1. The molecule has 124 valence electrons. The van der Waals surface area contributed by atoms with Crippen LogP contribution in [0.1, 0.15) is 28.9 Å². The molecule has 3 rings (SSSR count). The molecular weight excluding hydrogens is 413 g/mol. The average Bonchev–Trinajstić information content (AvgIpc) is 2.96. The van der Waals surface area contributed by atoms with Crippen molar-refractivity contribution in [2.24, 2.45) is 7.05 Å². The van der Waals surface area contributed by atoms with Gasteiger partial charge in [-0.3, -0.25) is 12.6 Å². The number of rotatable bonds is 6. The molecule has 1 amide bonds. The van der Waals surface area contributed by atoms with Crippen LogP contribution in [0.5, 0.6) is 0 Å². The highest BCUT2D eigenvalue weighted by atomic mass is 127. The van der Waals surface area contributed by atoms with E-state index in [1.165, 1.54) is 5.56 Å². The van der Waals surface area contributed by atoms with E-state index in [1.807, 2.05) is 37.4 Å². The predicted molar refractivity (Wildman–Crippen MR) is 105 cm³/mol. The summed E-state index contributed by atoms with van der Waals surface area (Å²) < 4.78 is 3.51. The zero-order valence-corrected chi connectivity index (χ0v) is 15.8. The minimum absolute atomic E-state index is 0.0212. The van der Waals surface area contributed by atoms with Crippen LogP contribution in [-0.4, -0.2) is 25.3 Å². The number of amides is 1. The van der Waals surface area contributed by atoms with E-state index in [1.54, 1.807) is 7.80 Å². The molecule has 5 heteroatoms. The first-order chi connectivity index (χ1) is 11.7.